The Balaban J connectivity index is 2.68. The highest BCUT2D eigenvalue weighted by molar-refractivity contribution is 5.93. The molecule has 0 radical (unpaired) electrons. The molecule has 1 aromatic rings. The average Bonchev–Trinajstić information content (AvgIpc) is 2.47. The standard InChI is InChI=1S/C9H12N4O4/c1-11-5-7-6(8(11)9(14)15)3-4-12(2)10-13(7,16)17/h3-5,10,16-17H,1-2H3/p+1. The van der Waals surface area contributed by atoms with Crippen molar-refractivity contribution in [2.45, 2.75) is 0 Å². The molecule has 0 aromatic carbocycles. The van der Waals surface area contributed by atoms with E-state index >= 15 is 0 Å². The Bertz CT molecular complexity index is 505. The van der Waals surface area contributed by atoms with Crippen molar-refractivity contribution in [3.8, 4) is 0 Å². The predicted octanol–water partition coefficient (Wildman–Crippen LogP) is 0.145. The Morgan fingerprint density at radius 2 is 2.06 bits per heavy atom. The molecule has 8 nitrogen and oxygen atoms in total. The first-order valence-electron chi connectivity index (χ1n) is 4.79. The molecule has 2 rings (SSSR count). The van der Waals surface area contributed by atoms with Gasteiger partial charge in [0.15, 0.2) is 0 Å². The zero-order valence-electron chi connectivity index (χ0n) is 9.32. The number of rotatable bonds is 1. The minimum absolute atomic E-state index is 0.0149. The lowest BCUT2D eigenvalue weighted by Gasteiger charge is -2.22. The van der Waals surface area contributed by atoms with Crippen molar-refractivity contribution in [2.75, 3.05) is 7.05 Å². The largest absolute Gasteiger partial charge is 0.477 e. The Labute approximate surface area is 96.7 Å². The van der Waals surface area contributed by atoms with Crippen LogP contribution in [0.4, 0.5) is 5.69 Å². The fourth-order valence-corrected chi connectivity index (χ4v) is 1.80. The van der Waals surface area contributed by atoms with Crippen LogP contribution >= 0.6 is 0 Å². The maximum atomic E-state index is 11.1. The summed E-state index contributed by atoms with van der Waals surface area (Å²) in [5, 5.41) is 30.0. The molecule has 8 heteroatoms. The molecule has 0 aliphatic carbocycles. The molecule has 1 aromatic heterocycles. The van der Waals surface area contributed by atoms with Gasteiger partial charge in [-0.25, -0.2) is 4.79 Å². The van der Waals surface area contributed by atoms with Crippen LogP contribution in [0.1, 0.15) is 16.1 Å². The van der Waals surface area contributed by atoms with Gasteiger partial charge in [-0.05, 0) is 11.6 Å². The molecule has 4 N–H and O–H groups in total. The van der Waals surface area contributed by atoms with E-state index in [2.05, 4.69) is 5.53 Å². The van der Waals surface area contributed by atoms with Crippen molar-refractivity contribution in [1.82, 2.24) is 20.0 Å². The Hall–Kier alpha value is -1.87. The quantitative estimate of drug-likeness (QED) is 0.522. The van der Waals surface area contributed by atoms with Crippen molar-refractivity contribution < 1.29 is 20.3 Å². The van der Waals surface area contributed by atoms with E-state index in [1.807, 2.05) is 0 Å². The lowest BCUT2D eigenvalue weighted by molar-refractivity contribution is -0.346. The number of nitrogens with one attached hydrogen (secondary N) is 1. The van der Waals surface area contributed by atoms with Gasteiger partial charge >= 0.3 is 5.97 Å². The second kappa shape index (κ2) is 3.57. The molecule has 0 spiro atoms. The SMILES string of the molecule is CN1C=Cc2c(cn(C)c2C(=O)O)[N+](O)(O)N1. The maximum absolute atomic E-state index is 11.1. The maximum Gasteiger partial charge on any atom is 0.353 e. The molecular formula is C9H13N4O4+. The summed E-state index contributed by atoms with van der Waals surface area (Å²) in [4.78, 5) is 9.49. The van der Waals surface area contributed by atoms with Crippen LogP contribution in [0, 0.1) is 0 Å². The van der Waals surface area contributed by atoms with Crippen molar-refractivity contribution in [3.63, 3.8) is 0 Å². The number of hydrazine groups is 1. The van der Waals surface area contributed by atoms with Crippen molar-refractivity contribution in [2.24, 2.45) is 7.05 Å². The average molecular weight is 241 g/mol. The summed E-state index contributed by atoms with van der Waals surface area (Å²) < 4.78 is 1.32. The van der Waals surface area contributed by atoms with Crippen LogP contribution in [-0.2, 0) is 7.05 Å². The summed E-state index contributed by atoms with van der Waals surface area (Å²) >= 11 is 0. The second-order valence-electron chi connectivity index (χ2n) is 3.82. The van der Waals surface area contributed by atoms with Gasteiger partial charge < -0.3 is 9.67 Å². The molecule has 1 aliphatic rings. The second-order valence-corrected chi connectivity index (χ2v) is 3.82. The Kier molecular flexibility index (Phi) is 2.44. The molecule has 0 bridgehead atoms. The summed E-state index contributed by atoms with van der Waals surface area (Å²) in [6, 6.07) is 0. The van der Waals surface area contributed by atoms with Gasteiger partial charge in [-0.15, -0.1) is 0 Å². The van der Waals surface area contributed by atoms with E-state index in [1.54, 1.807) is 7.05 Å². The number of carboxylic acids is 1. The molecule has 92 valence electrons. The van der Waals surface area contributed by atoms with Gasteiger partial charge in [0.05, 0.1) is 16.7 Å². The number of aromatic carboxylic acids is 1. The van der Waals surface area contributed by atoms with E-state index < -0.39 is 10.9 Å². The van der Waals surface area contributed by atoms with Gasteiger partial charge in [0.1, 0.15) is 5.69 Å². The van der Waals surface area contributed by atoms with E-state index in [9.17, 15) is 15.2 Å². The first-order valence-corrected chi connectivity index (χ1v) is 4.79. The highest BCUT2D eigenvalue weighted by atomic mass is 16.9. The molecule has 0 atom stereocenters. The summed E-state index contributed by atoms with van der Waals surface area (Å²) in [6.45, 7) is 0. The fraction of sp³-hybridized carbons (Fsp3) is 0.222. The summed E-state index contributed by atoms with van der Waals surface area (Å²) in [5.41, 5.74) is 2.60. The monoisotopic (exact) mass is 241 g/mol. The Morgan fingerprint density at radius 3 is 2.65 bits per heavy atom. The van der Waals surface area contributed by atoms with Gasteiger partial charge in [-0.1, -0.05) is 0 Å². The molecule has 0 unspecified atom stereocenters. The van der Waals surface area contributed by atoms with E-state index in [4.69, 9.17) is 5.11 Å². The van der Waals surface area contributed by atoms with Crippen LogP contribution < -0.4 is 10.5 Å². The van der Waals surface area contributed by atoms with Crippen molar-refractivity contribution >= 4 is 17.7 Å². The summed E-state index contributed by atoms with van der Waals surface area (Å²) in [5.74, 6) is -1.14. The highest BCUT2D eigenvalue weighted by Crippen LogP contribution is 2.30. The first kappa shape index (κ1) is 11.6. The summed E-state index contributed by atoms with van der Waals surface area (Å²) in [6.07, 6.45) is 4.34. The fourth-order valence-electron chi connectivity index (χ4n) is 1.80. The van der Waals surface area contributed by atoms with Gasteiger partial charge in [0.2, 0.25) is 5.69 Å². The third kappa shape index (κ3) is 1.78. The number of quaternary nitrogens is 1. The third-order valence-electron chi connectivity index (χ3n) is 2.50. The number of aromatic nitrogens is 1. The van der Waals surface area contributed by atoms with E-state index in [-0.39, 0.29) is 16.9 Å². The lowest BCUT2D eigenvalue weighted by Crippen LogP contribution is -2.58. The minimum Gasteiger partial charge on any atom is -0.477 e. The normalized spacial score (nSPS) is 17.8. The lowest BCUT2D eigenvalue weighted by atomic mass is 10.2. The van der Waals surface area contributed by atoms with Crippen LogP contribution in [-0.4, -0.2) is 38.1 Å². The number of hydrogen-bond acceptors (Lipinski definition) is 5. The zero-order chi connectivity index (χ0) is 12.8. The van der Waals surface area contributed by atoms with Crippen molar-refractivity contribution in [1.29, 1.82) is 0 Å². The molecule has 1 aliphatic heterocycles. The Morgan fingerprint density at radius 1 is 1.41 bits per heavy atom. The summed E-state index contributed by atoms with van der Waals surface area (Å²) in [7, 11) is 3.08. The number of hydrogen-bond donors (Lipinski definition) is 4. The number of carboxylic acid groups (broad SMARTS) is 1. The molecule has 0 saturated carbocycles. The van der Waals surface area contributed by atoms with E-state index in [0.29, 0.717) is 0 Å². The van der Waals surface area contributed by atoms with Gasteiger partial charge in [0, 0.05) is 20.3 Å². The van der Waals surface area contributed by atoms with Crippen molar-refractivity contribution in [3.05, 3.63) is 23.7 Å². The van der Waals surface area contributed by atoms with Gasteiger partial charge in [-0.2, -0.15) is 10.4 Å². The van der Waals surface area contributed by atoms with Crippen LogP contribution in [0.15, 0.2) is 12.4 Å². The predicted molar refractivity (Wildman–Crippen MR) is 57.7 cm³/mol. The van der Waals surface area contributed by atoms with Crippen LogP contribution in [0.2, 0.25) is 0 Å². The first-order chi connectivity index (χ1) is 7.83. The van der Waals surface area contributed by atoms with Gasteiger partial charge in [-0.3, -0.25) is 5.01 Å². The smallest absolute Gasteiger partial charge is 0.353 e. The van der Waals surface area contributed by atoms with Crippen LogP contribution in [0.25, 0.3) is 6.08 Å². The molecule has 17 heavy (non-hydrogen) atoms. The van der Waals surface area contributed by atoms with Crippen LogP contribution in [0.5, 0.6) is 0 Å². The molecule has 0 amide bonds. The van der Waals surface area contributed by atoms with Gasteiger partial charge in [0.25, 0.3) is 0 Å². The molecule has 0 saturated heterocycles. The highest BCUT2D eigenvalue weighted by Gasteiger charge is 2.38. The number of aryl methyl sites for hydroxylation is 1. The molecule has 0 fully saturated rings. The number of carbonyl (C=O) groups is 1. The van der Waals surface area contributed by atoms with E-state index in [1.165, 1.54) is 35.1 Å². The zero-order valence-corrected chi connectivity index (χ0v) is 9.32. The number of nitrogens with zero attached hydrogens (tertiary/aromatic N) is 3. The molecule has 2 heterocycles. The topological polar surface area (TPSA) is 98.0 Å². The molecular weight excluding hydrogens is 228 g/mol. The van der Waals surface area contributed by atoms with E-state index in [0.717, 1.165) is 0 Å². The third-order valence-corrected chi connectivity index (χ3v) is 2.50. The number of fused-ring (bicyclic) bond motifs is 1. The minimum atomic E-state index is -1.61. The van der Waals surface area contributed by atoms with Crippen LogP contribution in [0.3, 0.4) is 0 Å².